The van der Waals surface area contributed by atoms with E-state index in [0.717, 1.165) is 17.8 Å². The van der Waals surface area contributed by atoms with Crippen molar-refractivity contribution in [2.75, 3.05) is 0 Å². The summed E-state index contributed by atoms with van der Waals surface area (Å²) < 4.78 is 1.67. The second-order valence-electron chi connectivity index (χ2n) is 7.38. The maximum Gasteiger partial charge on any atom is 1.00 e. The molecule has 0 nitrogen and oxygen atoms in total. The van der Waals surface area contributed by atoms with Crippen LogP contribution in [0, 0.1) is 17.8 Å². The molecule has 0 aliphatic carbocycles. The van der Waals surface area contributed by atoms with Crippen LogP contribution in [0.15, 0.2) is 17.5 Å². The van der Waals surface area contributed by atoms with Crippen molar-refractivity contribution in [2.45, 2.75) is 60.5 Å². The molecule has 1 heterocycles. The van der Waals surface area contributed by atoms with Gasteiger partial charge in [0.05, 0.1) is 0 Å². The molecule has 19 heavy (non-hydrogen) atoms. The number of thiophene rings is 1. The third-order valence-electron chi connectivity index (χ3n) is 3.91. The molecule has 0 bridgehead atoms. The van der Waals surface area contributed by atoms with Gasteiger partial charge in [0, 0.05) is 6.15 Å². The van der Waals surface area contributed by atoms with E-state index in [1.807, 2.05) is 11.3 Å². The molecule has 0 fully saturated rings. The predicted molar refractivity (Wildman–Crippen MR) is 88.6 cm³/mol. The predicted octanol–water partition coefficient (Wildman–Crippen LogP) is 2.38. The van der Waals surface area contributed by atoms with Crippen LogP contribution in [0.1, 0.15) is 41.5 Å². The zero-order valence-corrected chi connectivity index (χ0v) is 14.9. The summed E-state index contributed by atoms with van der Waals surface area (Å²) in [6, 6.07) is 4.62. The van der Waals surface area contributed by atoms with Crippen LogP contribution in [0.2, 0.25) is 19.0 Å². The average Bonchev–Trinajstić information content (AvgIpc) is 2.65. The molecule has 0 aromatic carbocycles. The van der Waals surface area contributed by atoms with Gasteiger partial charge in [-0.2, -0.15) is 35.1 Å². The standard InChI is InChI=1S/C16H30BS.Li/c1-13(2)10-17(11-14(3)4,12-15(5)6)16-8-7-9-18-16;/h7-9,13-15H,10-12H2,1-6H3;/q-1;+1. The molecular weight excluding hydrogens is 242 g/mol. The van der Waals surface area contributed by atoms with E-state index >= 15 is 0 Å². The fraction of sp³-hybridized carbons (Fsp3) is 0.750. The number of hydrogen-bond donors (Lipinski definition) is 0. The van der Waals surface area contributed by atoms with E-state index in [9.17, 15) is 0 Å². The average molecular weight is 272 g/mol. The molecule has 0 radical (unpaired) electrons. The smallest absolute Gasteiger partial charge is 0.192 e. The van der Waals surface area contributed by atoms with Crippen LogP contribution >= 0.6 is 11.3 Å². The van der Waals surface area contributed by atoms with Crippen molar-refractivity contribution >= 4 is 22.3 Å². The van der Waals surface area contributed by atoms with Gasteiger partial charge in [0.1, 0.15) is 0 Å². The minimum Gasteiger partial charge on any atom is -0.192 e. The first-order valence-electron chi connectivity index (χ1n) is 7.60. The van der Waals surface area contributed by atoms with Gasteiger partial charge in [-0.15, -0.1) is 0 Å². The molecule has 3 heteroatoms. The van der Waals surface area contributed by atoms with Crippen LogP contribution in [0.25, 0.3) is 0 Å². The number of hydrogen-bond acceptors (Lipinski definition) is 1. The van der Waals surface area contributed by atoms with Crippen molar-refractivity contribution in [2.24, 2.45) is 17.8 Å². The van der Waals surface area contributed by atoms with Crippen LogP contribution in [0.5, 0.6) is 0 Å². The first-order chi connectivity index (χ1) is 8.35. The summed E-state index contributed by atoms with van der Waals surface area (Å²) in [5.74, 6) is 2.39. The van der Waals surface area contributed by atoms with E-state index < -0.39 is 0 Å². The monoisotopic (exact) mass is 272 g/mol. The molecule has 0 unspecified atom stereocenters. The fourth-order valence-electron chi connectivity index (χ4n) is 3.98. The van der Waals surface area contributed by atoms with Crippen LogP contribution in [0.4, 0.5) is 0 Å². The van der Waals surface area contributed by atoms with Gasteiger partial charge >= 0.3 is 18.9 Å². The topological polar surface area (TPSA) is 0 Å². The van der Waals surface area contributed by atoms with Gasteiger partial charge in [-0.05, 0) is 5.38 Å². The normalized spacial score (nSPS) is 12.3. The van der Waals surface area contributed by atoms with E-state index in [0.29, 0.717) is 0 Å². The third-order valence-corrected chi connectivity index (χ3v) is 5.12. The minimum absolute atomic E-state index is 0. The van der Waals surface area contributed by atoms with Crippen LogP contribution in [-0.2, 0) is 0 Å². The van der Waals surface area contributed by atoms with Crippen molar-refractivity contribution in [3.05, 3.63) is 17.5 Å². The summed E-state index contributed by atoms with van der Waals surface area (Å²) in [6.07, 6.45) is 3.80. The first kappa shape index (κ1) is 19.4. The Kier molecular flexibility index (Phi) is 8.77. The Morgan fingerprint density at radius 3 is 1.58 bits per heavy atom. The van der Waals surface area contributed by atoms with Gasteiger partial charge in [-0.25, -0.2) is 0 Å². The van der Waals surface area contributed by atoms with Gasteiger partial charge in [0.15, 0.2) is 0 Å². The largest absolute Gasteiger partial charge is 1.00 e. The fourth-order valence-corrected chi connectivity index (χ4v) is 5.03. The summed E-state index contributed by atoms with van der Waals surface area (Å²) in [7, 11) is 0. The first-order valence-corrected chi connectivity index (χ1v) is 8.48. The summed E-state index contributed by atoms with van der Waals surface area (Å²) in [5, 5.41) is 2.26. The Labute approximate surface area is 136 Å². The molecule has 0 aliphatic heterocycles. The molecule has 1 aromatic heterocycles. The molecule has 0 spiro atoms. The Bertz CT molecular complexity index is 304. The summed E-state index contributed by atoms with van der Waals surface area (Å²) >= 11 is 1.98. The van der Waals surface area contributed by atoms with Crippen molar-refractivity contribution < 1.29 is 18.9 Å². The maximum absolute atomic E-state index is 2.39. The molecule has 104 valence electrons. The van der Waals surface area contributed by atoms with Gasteiger partial charge in [-0.3, -0.25) is 0 Å². The van der Waals surface area contributed by atoms with Gasteiger partial charge in [0.2, 0.25) is 0 Å². The van der Waals surface area contributed by atoms with Crippen LogP contribution < -0.4 is 23.6 Å². The van der Waals surface area contributed by atoms with Crippen LogP contribution in [0.3, 0.4) is 0 Å². The summed E-state index contributed by atoms with van der Waals surface area (Å²) in [5.41, 5.74) is 0. The molecule has 0 aliphatic rings. The van der Waals surface area contributed by atoms with Crippen molar-refractivity contribution in [3.8, 4) is 0 Å². The Morgan fingerprint density at radius 1 is 0.895 bits per heavy atom. The van der Waals surface area contributed by atoms with E-state index in [-0.39, 0.29) is 25.0 Å². The molecule has 1 rings (SSSR count). The molecule has 0 saturated carbocycles. The molecular formula is C16H30BLiS. The number of rotatable bonds is 7. The zero-order chi connectivity index (χ0) is 13.8. The Balaban J connectivity index is 0.00000324. The van der Waals surface area contributed by atoms with Crippen molar-refractivity contribution in [1.82, 2.24) is 0 Å². The maximum atomic E-state index is 2.39. The second kappa shape index (κ2) is 8.61. The Hall–Kier alpha value is 0.362. The SMILES string of the molecule is CC(C)C[B-](CC(C)C)(CC(C)C)c1cccs1.[Li+]. The van der Waals surface area contributed by atoms with Gasteiger partial charge < -0.3 is 0 Å². The van der Waals surface area contributed by atoms with Crippen molar-refractivity contribution in [1.29, 1.82) is 0 Å². The quantitative estimate of drug-likeness (QED) is 0.669. The minimum atomic E-state index is -0.356. The van der Waals surface area contributed by atoms with E-state index in [1.165, 1.54) is 19.0 Å². The third kappa shape index (κ3) is 6.11. The summed E-state index contributed by atoms with van der Waals surface area (Å²) in [4.78, 5) is 0. The molecule has 0 amide bonds. The van der Waals surface area contributed by atoms with Gasteiger partial charge in [0.25, 0.3) is 0 Å². The molecule has 0 atom stereocenters. The molecule has 1 aromatic rings. The summed E-state index contributed by atoms with van der Waals surface area (Å²) in [6.45, 7) is 14.3. The molecule has 0 N–H and O–H groups in total. The van der Waals surface area contributed by atoms with E-state index in [2.05, 4.69) is 59.1 Å². The Morgan fingerprint density at radius 2 is 1.32 bits per heavy atom. The molecule has 0 saturated heterocycles. The van der Waals surface area contributed by atoms with Gasteiger partial charge in [-0.1, -0.05) is 71.4 Å². The van der Waals surface area contributed by atoms with E-state index in [1.54, 1.807) is 4.78 Å². The van der Waals surface area contributed by atoms with Crippen LogP contribution in [-0.4, -0.2) is 6.15 Å². The van der Waals surface area contributed by atoms with Crippen molar-refractivity contribution in [3.63, 3.8) is 0 Å². The zero-order valence-electron chi connectivity index (χ0n) is 14.1. The van der Waals surface area contributed by atoms with E-state index in [4.69, 9.17) is 0 Å². The second-order valence-corrected chi connectivity index (χ2v) is 8.36.